The number of likely N-dealkylation sites (tertiary alicyclic amines) is 1. The Morgan fingerprint density at radius 1 is 1.17 bits per heavy atom. The van der Waals surface area contributed by atoms with Crippen molar-refractivity contribution >= 4 is 16.0 Å². The highest BCUT2D eigenvalue weighted by atomic mass is 32.2. The van der Waals surface area contributed by atoms with Gasteiger partial charge >= 0.3 is 15.5 Å². The molecule has 7 nitrogen and oxygen atoms in total. The van der Waals surface area contributed by atoms with Gasteiger partial charge in [0.2, 0.25) is 0 Å². The molecule has 0 aromatic rings. The number of piperidine rings is 2. The minimum Gasteiger partial charge on any atom is -0.356 e. The van der Waals surface area contributed by atoms with Crippen molar-refractivity contribution < 1.29 is 21.6 Å². The summed E-state index contributed by atoms with van der Waals surface area (Å²) in [5.41, 5.74) is -5.23. The molecule has 2 heterocycles. The molecule has 0 aromatic carbocycles. The summed E-state index contributed by atoms with van der Waals surface area (Å²) in [4.78, 5) is 6.69. The van der Waals surface area contributed by atoms with E-state index in [1.54, 1.807) is 7.05 Å². The Kier molecular flexibility index (Phi) is 8.59. The third-order valence-corrected chi connectivity index (χ3v) is 7.49. The zero-order valence-electron chi connectivity index (χ0n) is 17.5. The first-order valence-corrected chi connectivity index (χ1v) is 11.7. The van der Waals surface area contributed by atoms with Gasteiger partial charge in [-0.25, -0.2) is 8.42 Å². The molecule has 2 N–H and O–H groups in total. The summed E-state index contributed by atoms with van der Waals surface area (Å²) in [5, 5.41) is 6.54. The molecular weight excluding hydrogens is 407 g/mol. The largest absolute Gasteiger partial charge is 0.511 e. The van der Waals surface area contributed by atoms with Crippen molar-refractivity contribution in [3.63, 3.8) is 0 Å². The average Bonchev–Trinajstić information content (AvgIpc) is 2.67. The van der Waals surface area contributed by atoms with Gasteiger partial charge < -0.3 is 10.6 Å². The molecule has 170 valence electrons. The van der Waals surface area contributed by atoms with Crippen LogP contribution >= 0.6 is 0 Å². The van der Waals surface area contributed by atoms with Gasteiger partial charge in [-0.2, -0.15) is 17.5 Å². The standard InChI is InChI=1S/C18H34F3N5O2S/c1-14-5-4-8-25(13-14)15(2)11-23-17(22-3)24-12-16-6-9-26(10-7-16)29(27,28)18(19,20)21/h14-16H,4-13H2,1-3H3,(H2,22,23,24). The van der Waals surface area contributed by atoms with Crippen molar-refractivity contribution in [1.82, 2.24) is 19.8 Å². The number of hydrogen-bond donors (Lipinski definition) is 2. The first-order valence-electron chi connectivity index (χ1n) is 10.3. The lowest BCUT2D eigenvalue weighted by molar-refractivity contribution is -0.0496. The van der Waals surface area contributed by atoms with Crippen LogP contribution in [0.15, 0.2) is 4.99 Å². The molecule has 29 heavy (non-hydrogen) atoms. The van der Waals surface area contributed by atoms with Crippen molar-refractivity contribution in [3.05, 3.63) is 0 Å². The van der Waals surface area contributed by atoms with E-state index in [0.29, 0.717) is 35.7 Å². The van der Waals surface area contributed by atoms with E-state index >= 15 is 0 Å². The summed E-state index contributed by atoms with van der Waals surface area (Å²) in [6, 6.07) is 0.382. The topological polar surface area (TPSA) is 77.0 Å². The summed E-state index contributed by atoms with van der Waals surface area (Å²) in [5.74, 6) is 1.48. The fourth-order valence-electron chi connectivity index (χ4n) is 3.96. The third kappa shape index (κ3) is 6.71. The van der Waals surface area contributed by atoms with Crippen LogP contribution in [0.3, 0.4) is 0 Å². The molecule has 2 atom stereocenters. The highest BCUT2D eigenvalue weighted by molar-refractivity contribution is 7.90. The van der Waals surface area contributed by atoms with Crippen LogP contribution in [0, 0.1) is 11.8 Å². The van der Waals surface area contributed by atoms with Gasteiger partial charge in [0.25, 0.3) is 0 Å². The van der Waals surface area contributed by atoms with Crippen molar-refractivity contribution in [3.8, 4) is 0 Å². The first-order chi connectivity index (χ1) is 13.5. The number of nitrogens with one attached hydrogen (secondary N) is 2. The first kappa shape index (κ1) is 24.2. The minimum atomic E-state index is -5.23. The SMILES string of the molecule is CN=C(NCC1CCN(S(=O)(=O)C(F)(F)F)CC1)NCC(C)N1CCCC(C)C1. The number of aliphatic imine (C=N–C) groups is 1. The molecule has 2 fully saturated rings. The van der Waals surface area contributed by atoms with Crippen molar-refractivity contribution in [2.24, 2.45) is 16.8 Å². The fourth-order valence-corrected chi connectivity index (χ4v) is 4.95. The van der Waals surface area contributed by atoms with E-state index in [1.165, 1.54) is 12.8 Å². The molecule has 0 aromatic heterocycles. The number of guanidine groups is 1. The van der Waals surface area contributed by atoms with Gasteiger partial charge in [0.15, 0.2) is 5.96 Å². The molecule has 2 aliphatic heterocycles. The maximum atomic E-state index is 12.7. The molecule has 0 bridgehead atoms. The van der Waals surface area contributed by atoms with Crippen molar-refractivity contribution in [2.75, 3.05) is 46.3 Å². The Hall–Kier alpha value is -1.07. The molecule has 0 spiro atoms. The lowest BCUT2D eigenvalue weighted by atomic mass is 9.98. The van der Waals surface area contributed by atoms with E-state index in [9.17, 15) is 21.6 Å². The van der Waals surface area contributed by atoms with Crippen molar-refractivity contribution in [1.29, 1.82) is 0 Å². The second-order valence-corrected chi connectivity index (χ2v) is 10.1. The van der Waals surface area contributed by atoms with Crippen LogP contribution in [0.5, 0.6) is 0 Å². The van der Waals surface area contributed by atoms with Gasteiger partial charge in [0, 0.05) is 45.8 Å². The zero-order valence-corrected chi connectivity index (χ0v) is 18.3. The molecule has 2 rings (SSSR count). The Balaban J connectivity index is 1.72. The lowest BCUT2D eigenvalue weighted by Crippen LogP contribution is -2.50. The van der Waals surface area contributed by atoms with Crippen LogP contribution in [0.4, 0.5) is 13.2 Å². The van der Waals surface area contributed by atoms with Gasteiger partial charge in [-0.3, -0.25) is 9.89 Å². The Morgan fingerprint density at radius 2 is 1.83 bits per heavy atom. The van der Waals surface area contributed by atoms with Crippen LogP contribution < -0.4 is 10.6 Å². The predicted octanol–water partition coefficient (Wildman–Crippen LogP) is 1.83. The normalized spacial score (nSPS) is 25.0. The third-order valence-electron chi connectivity index (χ3n) is 5.86. The van der Waals surface area contributed by atoms with Crippen LogP contribution in [-0.4, -0.2) is 81.4 Å². The molecule has 0 radical (unpaired) electrons. The maximum absolute atomic E-state index is 12.7. The summed E-state index contributed by atoms with van der Waals surface area (Å²) in [7, 11) is -3.54. The van der Waals surface area contributed by atoms with Crippen LogP contribution in [-0.2, 0) is 10.0 Å². The number of alkyl halides is 3. The second-order valence-electron chi connectivity index (χ2n) is 8.22. The van der Waals surface area contributed by atoms with E-state index in [1.807, 2.05) is 0 Å². The monoisotopic (exact) mass is 441 g/mol. The molecule has 2 aliphatic rings. The van der Waals surface area contributed by atoms with Crippen LogP contribution in [0.2, 0.25) is 0 Å². The summed E-state index contributed by atoms with van der Waals surface area (Å²) >= 11 is 0. The van der Waals surface area contributed by atoms with E-state index in [0.717, 1.165) is 25.6 Å². The smallest absolute Gasteiger partial charge is 0.356 e. The average molecular weight is 442 g/mol. The second kappa shape index (κ2) is 10.3. The Morgan fingerprint density at radius 3 is 2.38 bits per heavy atom. The number of rotatable bonds is 6. The van der Waals surface area contributed by atoms with Gasteiger partial charge in [-0.15, -0.1) is 0 Å². The fraction of sp³-hybridized carbons (Fsp3) is 0.944. The zero-order chi connectivity index (χ0) is 21.7. The lowest BCUT2D eigenvalue weighted by Gasteiger charge is -2.36. The molecule has 2 saturated heterocycles. The molecule has 0 aliphatic carbocycles. The minimum absolute atomic E-state index is 0.105. The summed E-state index contributed by atoms with van der Waals surface area (Å²) in [6.45, 7) is 7.78. The number of nitrogens with zero attached hydrogens (tertiary/aromatic N) is 3. The van der Waals surface area contributed by atoms with Crippen LogP contribution in [0.1, 0.15) is 39.5 Å². The van der Waals surface area contributed by atoms with E-state index in [4.69, 9.17) is 0 Å². The Labute approximate surface area is 172 Å². The number of hydrogen-bond acceptors (Lipinski definition) is 4. The molecule has 11 heteroatoms. The predicted molar refractivity (Wildman–Crippen MR) is 108 cm³/mol. The highest BCUT2D eigenvalue weighted by Crippen LogP contribution is 2.30. The van der Waals surface area contributed by atoms with Gasteiger partial charge in [-0.05, 0) is 51.0 Å². The molecule has 0 amide bonds. The number of halogens is 3. The van der Waals surface area contributed by atoms with E-state index in [-0.39, 0.29) is 19.0 Å². The quantitative estimate of drug-likeness (QED) is 0.486. The van der Waals surface area contributed by atoms with Gasteiger partial charge in [-0.1, -0.05) is 6.92 Å². The van der Waals surface area contributed by atoms with E-state index < -0.39 is 15.5 Å². The Bertz CT molecular complexity index is 648. The molecule has 0 saturated carbocycles. The summed E-state index contributed by atoms with van der Waals surface area (Å²) < 4.78 is 61.4. The van der Waals surface area contributed by atoms with Gasteiger partial charge in [0.1, 0.15) is 0 Å². The number of sulfonamides is 1. The molecular formula is C18H34F3N5O2S. The molecule has 2 unspecified atom stereocenters. The van der Waals surface area contributed by atoms with Crippen LogP contribution in [0.25, 0.3) is 0 Å². The maximum Gasteiger partial charge on any atom is 0.511 e. The van der Waals surface area contributed by atoms with Crippen molar-refractivity contribution in [2.45, 2.75) is 51.1 Å². The highest BCUT2D eigenvalue weighted by Gasteiger charge is 2.50. The summed E-state index contributed by atoms with van der Waals surface area (Å²) in [6.07, 6.45) is 3.28. The van der Waals surface area contributed by atoms with E-state index in [2.05, 4.69) is 34.4 Å². The van der Waals surface area contributed by atoms with Gasteiger partial charge in [0.05, 0.1) is 0 Å².